The van der Waals surface area contributed by atoms with Gasteiger partial charge in [-0.2, -0.15) is 0 Å². The zero-order valence-electron chi connectivity index (χ0n) is 12.5. The van der Waals surface area contributed by atoms with E-state index in [0.29, 0.717) is 17.8 Å². The molecule has 1 rings (SSSR count). The molecule has 0 aliphatic heterocycles. The van der Waals surface area contributed by atoms with Crippen LogP contribution in [0.2, 0.25) is 0 Å². The van der Waals surface area contributed by atoms with Crippen LogP contribution in [0.1, 0.15) is 32.8 Å². The van der Waals surface area contributed by atoms with E-state index in [0.717, 1.165) is 12.1 Å². The molecule has 3 nitrogen and oxygen atoms in total. The molecule has 0 heterocycles. The Bertz CT molecular complexity index is 553. The van der Waals surface area contributed by atoms with E-state index in [1.807, 2.05) is 0 Å². The van der Waals surface area contributed by atoms with Crippen LogP contribution in [0.25, 0.3) is 0 Å². The topological polar surface area (TPSA) is 49.3 Å². The fourth-order valence-electron chi connectivity index (χ4n) is 1.89. The first kappa shape index (κ1) is 19.6. The summed E-state index contributed by atoms with van der Waals surface area (Å²) in [5, 5.41) is 9.20. The summed E-state index contributed by atoms with van der Waals surface area (Å²) in [4.78, 5) is 0. The molecule has 1 unspecified atom stereocenters. The summed E-state index contributed by atoms with van der Waals surface area (Å²) in [5.74, 6) is -4.46. The van der Waals surface area contributed by atoms with Crippen LogP contribution in [0.15, 0.2) is 22.7 Å². The lowest BCUT2D eigenvalue weighted by molar-refractivity contribution is -0.0899. The Labute approximate surface area is 139 Å². The lowest BCUT2D eigenvalue weighted by Gasteiger charge is -2.38. The second-order valence-electron chi connectivity index (χ2n) is 5.19. The Kier molecular flexibility index (Phi) is 6.61. The maximum Gasteiger partial charge on any atom is 0.270 e. The minimum atomic E-state index is -3.55. The van der Waals surface area contributed by atoms with Crippen LogP contribution in [0.4, 0.5) is 13.2 Å². The fourth-order valence-corrected chi connectivity index (χ4v) is 3.45. The number of halogens is 4. The predicted octanol–water partition coefficient (Wildman–Crippen LogP) is 3.48. The highest BCUT2D eigenvalue weighted by Gasteiger charge is 2.53. The molecule has 126 valence electrons. The molecule has 0 bridgehead atoms. The van der Waals surface area contributed by atoms with Crippen molar-refractivity contribution in [2.45, 2.75) is 43.9 Å². The molecule has 0 spiro atoms. The summed E-state index contributed by atoms with van der Waals surface area (Å²) in [6, 6.07) is 3.54. The minimum absolute atomic E-state index is 0.377. The van der Waals surface area contributed by atoms with Crippen LogP contribution in [0.3, 0.4) is 0 Å². The predicted molar refractivity (Wildman–Crippen MR) is 84.5 cm³/mol. The molecule has 0 aliphatic carbocycles. The second kappa shape index (κ2) is 7.42. The fraction of sp³-hybridized carbons (Fsp3) is 0.571. The quantitative estimate of drug-likeness (QED) is 0.734. The third-order valence-electron chi connectivity index (χ3n) is 3.59. The molecular formula is C14H19BrF3NO2S. The number of aliphatic hydroxyl groups excluding tert-OH is 1. The van der Waals surface area contributed by atoms with Gasteiger partial charge in [0.1, 0.15) is 11.4 Å². The molecule has 1 aromatic carbocycles. The lowest BCUT2D eigenvalue weighted by Crippen LogP contribution is -2.59. The molecule has 22 heavy (non-hydrogen) atoms. The van der Waals surface area contributed by atoms with Crippen molar-refractivity contribution in [3.63, 3.8) is 0 Å². The minimum Gasteiger partial charge on any atom is -0.394 e. The van der Waals surface area contributed by atoms with Gasteiger partial charge in [0.05, 0.1) is 17.6 Å². The number of hydrogen-bond donors (Lipinski definition) is 2. The largest absolute Gasteiger partial charge is 0.394 e. The highest BCUT2D eigenvalue weighted by atomic mass is 79.9. The monoisotopic (exact) mass is 401 g/mol. The Morgan fingerprint density at radius 3 is 2.50 bits per heavy atom. The van der Waals surface area contributed by atoms with Gasteiger partial charge in [0.25, 0.3) is 5.92 Å². The number of hydrogen-bond acceptors (Lipinski definition) is 2. The zero-order valence-corrected chi connectivity index (χ0v) is 14.9. The summed E-state index contributed by atoms with van der Waals surface area (Å²) in [6.07, 6.45) is 0.484. The Hall–Kier alpha value is -0.440. The summed E-state index contributed by atoms with van der Waals surface area (Å²) in [7, 11) is -1.87. The molecular weight excluding hydrogens is 383 g/mol. The molecule has 0 amide bonds. The normalized spacial score (nSPS) is 17.8. The van der Waals surface area contributed by atoms with Crippen LogP contribution in [-0.2, 0) is 16.5 Å². The number of aliphatic hydroxyl groups is 1. The Balaban J connectivity index is 3.46. The third kappa shape index (κ3) is 3.90. The van der Waals surface area contributed by atoms with E-state index in [9.17, 15) is 22.5 Å². The van der Waals surface area contributed by atoms with Gasteiger partial charge in [0.2, 0.25) is 0 Å². The Morgan fingerprint density at radius 1 is 1.45 bits per heavy atom. The molecule has 3 atom stereocenters. The first-order valence-electron chi connectivity index (χ1n) is 6.71. The third-order valence-corrected chi connectivity index (χ3v) is 5.70. The van der Waals surface area contributed by atoms with Crippen molar-refractivity contribution in [3.05, 3.63) is 34.1 Å². The van der Waals surface area contributed by atoms with Crippen molar-refractivity contribution in [2.75, 3.05) is 6.61 Å². The summed E-state index contributed by atoms with van der Waals surface area (Å²) < 4.78 is 57.4. The van der Waals surface area contributed by atoms with Crippen molar-refractivity contribution in [2.24, 2.45) is 0 Å². The van der Waals surface area contributed by atoms with E-state index < -0.39 is 45.7 Å². The maximum absolute atomic E-state index is 14.2. The van der Waals surface area contributed by atoms with Crippen LogP contribution in [-0.4, -0.2) is 27.1 Å². The molecule has 0 aliphatic rings. The number of nitrogens with one attached hydrogen (secondary N) is 1. The molecule has 2 N–H and O–H groups in total. The van der Waals surface area contributed by atoms with Gasteiger partial charge in [0, 0.05) is 22.2 Å². The summed E-state index contributed by atoms with van der Waals surface area (Å²) in [6.45, 7) is 2.83. The van der Waals surface area contributed by atoms with E-state index in [2.05, 4.69) is 20.7 Å². The zero-order chi connectivity index (χ0) is 17.1. The average molecular weight is 402 g/mol. The highest BCUT2D eigenvalue weighted by Crippen LogP contribution is 2.40. The van der Waals surface area contributed by atoms with Gasteiger partial charge in [0.15, 0.2) is 0 Å². The lowest BCUT2D eigenvalue weighted by atomic mass is 9.85. The van der Waals surface area contributed by atoms with Crippen LogP contribution in [0, 0.1) is 5.82 Å². The van der Waals surface area contributed by atoms with Gasteiger partial charge in [-0.3, -0.25) is 0 Å². The molecule has 0 saturated heterocycles. The van der Waals surface area contributed by atoms with E-state index in [4.69, 9.17) is 0 Å². The average Bonchev–Trinajstić information content (AvgIpc) is 2.45. The summed E-state index contributed by atoms with van der Waals surface area (Å²) >= 11 is 3.10. The smallest absolute Gasteiger partial charge is 0.270 e. The Morgan fingerprint density at radius 2 is 2.05 bits per heavy atom. The molecule has 0 aromatic heterocycles. The van der Waals surface area contributed by atoms with Crippen molar-refractivity contribution in [1.29, 1.82) is 0 Å². The number of rotatable bonds is 7. The molecule has 8 heteroatoms. The summed E-state index contributed by atoms with van der Waals surface area (Å²) in [5.41, 5.74) is -2.91. The van der Waals surface area contributed by atoms with Gasteiger partial charge in [-0.1, -0.05) is 22.9 Å². The van der Waals surface area contributed by atoms with E-state index >= 15 is 0 Å². The SMILES string of the molecule is CC[C@@H](C)S(=O)N[C@@](CO)(c1cc(Br)ccc1F)C(C)(F)F. The van der Waals surface area contributed by atoms with Gasteiger partial charge in [-0.25, -0.2) is 22.1 Å². The maximum atomic E-state index is 14.2. The van der Waals surface area contributed by atoms with Crippen molar-refractivity contribution < 1.29 is 22.5 Å². The van der Waals surface area contributed by atoms with Crippen LogP contribution >= 0.6 is 15.9 Å². The van der Waals surface area contributed by atoms with Crippen LogP contribution in [0.5, 0.6) is 0 Å². The van der Waals surface area contributed by atoms with Gasteiger partial charge in [-0.15, -0.1) is 0 Å². The molecule has 0 radical (unpaired) electrons. The van der Waals surface area contributed by atoms with E-state index in [1.165, 1.54) is 6.07 Å². The van der Waals surface area contributed by atoms with Crippen molar-refractivity contribution >= 4 is 26.9 Å². The van der Waals surface area contributed by atoms with Crippen molar-refractivity contribution in [3.8, 4) is 0 Å². The molecule has 1 aromatic rings. The van der Waals surface area contributed by atoms with Gasteiger partial charge >= 0.3 is 0 Å². The van der Waals surface area contributed by atoms with Gasteiger partial charge in [-0.05, 0) is 31.5 Å². The first-order valence-corrected chi connectivity index (χ1v) is 8.72. The number of alkyl halides is 2. The van der Waals surface area contributed by atoms with Crippen LogP contribution < -0.4 is 4.72 Å². The van der Waals surface area contributed by atoms with Crippen molar-refractivity contribution in [1.82, 2.24) is 4.72 Å². The second-order valence-corrected chi connectivity index (χ2v) is 7.71. The number of benzene rings is 1. The van der Waals surface area contributed by atoms with Gasteiger partial charge < -0.3 is 5.11 Å². The van der Waals surface area contributed by atoms with E-state index in [-0.39, 0.29) is 0 Å². The van der Waals surface area contributed by atoms with E-state index in [1.54, 1.807) is 13.8 Å². The highest BCUT2D eigenvalue weighted by molar-refractivity contribution is 9.10. The molecule has 0 saturated carbocycles. The molecule has 0 fully saturated rings. The standard InChI is InChI=1S/C14H19BrF3NO2S/c1-4-9(2)22(21)19-14(8-20,13(3,17)18)11-7-10(15)5-6-12(11)16/h5-7,9,19-20H,4,8H2,1-3H3/t9-,14+,22?/m1/s1. The first-order chi connectivity index (χ1) is 10.1.